The van der Waals surface area contributed by atoms with Gasteiger partial charge in [0.15, 0.2) is 5.65 Å². The summed E-state index contributed by atoms with van der Waals surface area (Å²) >= 11 is 0. The first-order valence-corrected chi connectivity index (χ1v) is 10.8. The van der Waals surface area contributed by atoms with Gasteiger partial charge in [-0.15, -0.1) is 10.2 Å². The lowest BCUT2D eigenvalue weighted by Crippen LogP contribution is -2.42. The molecule has 158 valence electrons. The van der Waals surface area contributed by atoms with Gasteiger partial charge < -0.3 is 14.6 Å². The van der Waals surface area contributed by atoms with Crippen molar-refractivity contribution in [2.75, 3.05) is 27.2 Å². The van der Waals surface area contributed by atoms with Gasteiger partial charge in [0.2, 0.25) is 0 Å². The van der Waals surface area contributed by atoms with E-state index >= 15 is 0 Å². The van der Waals surface area contributed by atoms with Gasteiger partial charge >= 0.3 is 0 Å². The van der Waals surface area contributed by atoms with Crippen molar-refractivity contribution in [2.45, 2.75) is 25.4 Å². The second-order valence-corrected chi connectivity index (χ2v) is 8.64. The molecule has 0 unspecified atom stereocenters. The maximum absolute atomic E-state index is 6.02. The minimum Gasteiger partial charge on any atom is -0.373 e. The maximum Gasteiger partial charge on any atom is 0.160 e. The number of aromatic nitrogens is 3. The Labute approximate surface area is 183 Å². The van der Waals surface area contributed by atoms with Crippen LogP contribution >= 0.6 is 0 Å². The molecule has 5 rings (SSSR count). The maximum atomic E-state index is 6.02. The molecule has 1 N–H and O–H groups in total. The van der Waals surface area contributed by atoms with Gasteiger partial charge in [0.25, 0.3) is 0 Å². The van der Waals surface area contributed by atoms with E-state index in [1.807, 2.05) is 13.3 Å². The van der Waals surface area contributed by atoms with E-state index < -0.39 is 0 Å². The van der Waals surface area contributed by atoms with Gasteiger partial charge in [-0.2, -0.15) is 0 Å². The zero-order valence-corrected chi connectivity index (χ0v) is 18.4. The number of H-pyrrole nitrogens is 1. The highest BCUT2D eigenvalue weighted by molar-refractivity contribution is 5.95. The molecule has 0 bridgehead atoms. The molecule has 0 atom stereocenters. The first kappa shape index (κ1) is 19.9. The summed E-state index contributed by atoms with van der Waals surface area (Å²) in [7, 11) is 4.00. The molecule has 3 heterocycles. The van der Waals surface area contributed by atoms with Crippen molar-refractivity contribution in [2.24, 2.45) is 0 Å². The molecule has 1 aliphatic rings. The van der Waals surface area contributed by atoms with Gasteiger partial charge in [-0.1, -0.05) is 54.1 Å². The van der Waals surface area contributed by atoms with E-state index in [2.05, 4.69) is 88.6 Å². The number of ether oxygens (including phenoxy) is 1. The lowest BCUT2D eigenvalue weighted by atomic mass is 9.84. The van der Waals surface area contributed by atoms with Crippen molar-refractivity contribution in [1.29, 1.82) is 0 Å². The minimum absolute atomic E-state index is 0.195. The molecule has 0 spiro atoms. The van der Waals surface area contributed by atoms with Crippen LogP contribution in [0.2, 0.25) is 0 Å². The molecular weight excluding hydrogens is 384 g/mol. The molecule has 1 aliphatic heterocycles. The van der Waals surface area contributed by atoms with E-state index in [0.717, 1.165) is 53.8 Å². The highest BCUT2D eigenvalue weighted by Gasteiger charge is 2.35. The molecule has 0 radical (unpaired) electrons. The lowest BCUT2D eigenvalue weighted by Gasteiger charge is -2.40. The summed E-state index contributed by atoms with van der Waals surface area (Å²) in [4.78, 5) is 5.61. The first-order valence-electron chi connectivity index (χ1n) is 10.8. The Kier molecular flexibility index (Phi) is 5.08. The smallest absolute Gasteiger partial charge is 0.160 e. The van der Waals surface area contributed by atoms with Gasteiger partial charge in [-0.3, -0.25) is 0 Å². The molecule has 1 saturated heterocycles. The lowest BCUT2D eigenvalue weighted by molar-refractivity contribution is -0.0585. The second kappa shape index (κ2) is 7.91. The van der Waals surface area contributed by atoms with Gasteiger partial charge in [0.05, 0.1) is 11.3 Å². The summed E-state index contributed by atoms with van der Waals surface area (Å²) in [5.74, 6) is 0. The molecular formula is C26H28N4O. The molecule has 5 heteroatoms. The number of rotatable bonds is 4. The normalized spacial score (nSPS) is 16.6. The van der Waals surface area contributed by atoms with Crippen LogP contribution in [-0.2, 0) is 10.3 Å². The topological polar surface area (TPSA) is 54.0 Å². The molecule has 0 aliphatic carbocycles. The molecule has 1 fully saturated rings. The van der Waals surface area contributed by atoms with Crippen molar-refractivity contribution in [1.82, 2.24) is 20.1 Å². The molecule has 31 heavy (non-hydrogen) atoms. The molecule has 0 amide bonds. The van der Waals surface area contributed by atoms with Crippen LogP contribution in [0, 0.1) is 6.92 Å². The molecule has 2 aromatic carbocycles. The number of nitrogens with one attached hydrogen (secondary N) is 1. The molecule has 2 aromatic heterocycles. The van der Waals surface area contributed by atoms with Crippen molar-refractivity contribution in [3.63, 3.8) is 0 Å². The monoisotopic (exact) mass is 412 g/mol. The van der Waals surface area contributed by atoms with Crippen LogP contribution in [-0.4, -0.2) is 47.3 Å². The summed E-state index contributed by atoms with van der Waals surface area (Å²) in [6.45, 7) is 4.20. The zero-order valence-electron chi connectivity index (χ0n) is 18.4. The van der Waals surface area contributed by atoms with Gasteiger partial charge in [-0.25, -0.2) is 0 Å². The third-order valence-electron chi connectivity index (χ3n) is 6.69. The van der Waals surface area contributed by atoms with Crippen molar-refractivity contribution < 1.29 is 4.74 Å². The fourth-order valence-electron chi connectivity index (χ4n) is 4.57. The number of piperidine rings is 1. The number of hydrogen-bond acceptors (Lipinski definition) is 4. The van der Waals surface area contributed by atoms with E-state index in [1.165, 1.54) is 16.7 Å². The van der Waals surface area contributed by atoms with Crippen LogP contribution in [0.5, 0.6) is 0 Å². The predicted octanol–water partition coefficient (Wildman–Crippen LogP) is 5.17. The van der Waals surface area contributed by atoms with Crippen LogP contribution in [0.25, 0.3) is 33.4 Å². The standard InChI is InChI=1S/C26H28N4O/c1-18-4-6-19(7-5-18)23-17-27-25-22(23)16-24(28-29-25)20-8-10-21(11-9-20)26(31-3)12-14-30(2)15-13-26/h4-11,16-17H,12-15H2,1-3H3,(H,27,29). The zero-order chi connectivity index (χ0) is 21.4. The largest absolute Gasteiger partial charge is 0.373 e. The predicted molar refractivity (Wildman–Crippen MR) is 125 cm³/mol. The summed E-state index contributed by atoms with van der Waals surface area (Å²) in [5.41, 5.74) is 7.36. The number of fused-ring (bicyclic) bond motifs is 1. The van der Waals surface area contributed by atoms with E-state index in [4.69, 9.17) is 4.74 Å². The summed E-state index contributed by atoms with van der Waals surface area (Å²) in [5, 5.41) is 9.99. The number of aryl methyl sites for hydroxylation is 1. The van der Waals surface area contributed by atoms with E-state index in [-0.39, 0.29) is 5.60 Å². The van der Waals surface area contributed by atoms with Crippen molar-refractivity contribution in [3.8, 4) is 22.4 Å². The van der Waals surface area contributed by atoms with Crippen molar-refractivity contribution in [3.05, 3.63) is 71.9 Å². The molecule has 4 aromatic rings. The fraction of sp³-hybridized carbons (Fsp3) is 0.308. The Balaban J connectivity index is 1.48. The average molecular weight is 413 g/mol. The van der Waals surface area contributed by atoms with E-state index in [1.54, 1.807) is 0 Å². The first-order chi connectivity index (χ1) is 15.1. The third kappa shape index (κ3) is 3.64. The van der Waals surface area contributed by atoms with Crippen LogP contribution in [0.1, 0.15) is 24.0 Å². The van der Waals surface area contributed by atoms with Gasteiger partial charge in [-0.05, 0) is 44.0 Å². The van der Waals surface area contributed by atoms with Gasteiger partial charge in [0.1, 0.15) is 0 Å². The van der Waals surface area contributed by atoms with Crippen molar-refractivity contribution >= 4 is 11.0 Å². The number of aromatic amines is 1. The van der Waals surface area contributed by atoms with Crippen LogP contribution in [0.4, 0.5) is 0 Å². The summed E-state index contributed by atoms with van der Waals surface area (Å²) < 4.78 is 6.02. The van der Waals surface area contributed by atoms with Crippen LogP contribution in [0.3, 0.4) is 0 Å². The quantitative estimate of drug-likeness (QED) is 0.503. The average Bonchev–Trinajstić information content (AvgIpc) is 3.24. The Bertz CT molecular complexity index is 1190. The number of methoxy groups -OCH3 is 1. The Hall–Kier alpha value is -3.02. The highest BCUT2D eigenvalue weighted by Crippen LogP contribution is 2.37. The van der Waals surface area contributed by atoms with E-state index in [9.17, 15) is 0 Å². The SMILES string of the molecule is COC1(c2ccc(-c3cc4c(-c5ccc(C)cc5)c[nH]c4nn3)cc2)CCN(C)CC1. The summed E-state index contributed by atoms with van der Waals surface area (Å²) in [6.07, 6.45) is 4.03. The summed E-state index contributed by atoms with van der Waals surface area (Å²) in [6, 6.07) is 19.4. The third-order valence-corrected chi connectivity index (χ3v) is 6.69. The number of benzene rings is 2. The van der Waals surface area contributed by atoms with Crippen LogP contribution in [0.15, 0.2) is 60.8 Å². The Morgan fingerprint density at radius 2 is 1.61 bits per heavy atom. The number of likely N-dealkylation sites (tertiary alicyclic amines) is 1. The Morgan fingerprint density at radius 1 is 0.935 bits per heavy atom. The highest BCUT2D eigenvalue weighted by atomic mass is 16.5. The number of hydrogen-bond donors (Lipinski definition) is 1. The molecule has 5 nitrogen and oxygen atoms in total. The number of nitrogens with zero attached hydrogens (tertiary/aromatic N) is 3. The van der Waals surface area contributed by atoms with Gasteiger partial charge in [0, 0.05) is 42.9 Å². The van der Waals surface area contributed by atoms with Crippen LogP contribution < -0.4 is 0 Å². The Morgan fingerprint density at radius 3 is 2.29 bits per heavy atom. The second-order valence-electron chi connectivity index (χ2n) is 8.64. The molecule has 0 saturated carbocycles. The minimum atomic E-state index is -0.195. The van der Waals surface area contributed by atoms with E-state index in [0.29, 0.717) is 0 Å². The fourth-order valence-corrected chi connectivity index (χ4v) is 4.57.